The van der Waals surface area contributed by atoms with Crippen LogP contribution in [0.4, 0.5) is 0 Å². The van der Waals surface area contributed by atoms with Gasteiger partial charge in [-0.1, -0.05) is 36.6 Å². The summed E-state index contributed by atoms with van der Waals surface area (Å²) in [6, 6.07) is 7.91. The lowest BCUT2D eigenvalue weighted by molar-refractivity contribution is 0.208. The number of aryl methyl sites for hydroxylation is 1. The van der Waals surface area contributed by atoms with Crippen LogP contribution in [-0.4, -0.2) is 24.0 Å². The number of hydrogen-bond acceptors (Lipinski definition) is 1. The summed E-state index contributed by atoms with van der Waals surface area (Å²) in [5.74, 6) is 0. The van der Waals surface area contributed by atoms with Crippen LogP contribution >= 0.6 is 0 Å². The molecule has 1 heterocycles. The second kappa shape index (κ2) is 4.81. The SMILES string of the molecule is Cc1ccc2c(c1)CCN(C1CCCC1)CC2. The summed E-state index contributed by atoms with van der Waals surface area (Å²) in [4.78, 5) is 2.75. The largest absolute Gasteiger partial charge is 0.300 e. The Morgan fingerprint density at radius 2 is 1.71 bits per heavy atom. The molecule has 0 N–H and O–H groups in total. The number of nitrogens with zero attached hydrogens (tertiary/aromatic N) is 1. The van der Waals surface area contributed by atoms with Gasteiger partial charge in [-0.25, -0.2) is 0 Å². The summed E-state index contributed by atoms with van der Waals surface area (Å²) >= 11 is 0. The number of rotatable bonds is 1. The molecule has 0 amide bonds. The average Bonchev–Trinajstić information content (AvgIpc) is 2.77. The Kier molecular flexibility index (Phi) is 3.19. The van der Waals surface area contributed by atoms with E-state index in [4.69, 9.17) is 0 Å². The van der Waals surface area contributed by atoms with Crippen molar-refractivity contribution in [3.63, 3.8) is 0 Å². The average molecular weight is 229 g/mol. The maximum atomic E-state index is 2.75. The van der Waals surface area contributed by atoms with Crippen molar-refractivity contribution in [1.82, 2.24) is 4.90 Å². The quantitative estimate of drug-likeness (QED) is 0.714. The molecule has 0 saturated heterocycles. The van der Waals surface area contributed by atoms with E-state index >= 15 is 0 Å². The van der Waals surface area contributed by atoms with Crippen LogP contribution in [0.15, 0.2) is 18.2 Å². The smallest absolute Gasteiger partial charge is 0.00955 e. The van der Waals surface area contributed by atoms with Crippen molar-refractivity contribution in [2.75, 3.05) is 13.1 Å². The first kappa shape index (κ1) is 11.3. The molecule has 1 aromatic rings. The molecule has 1 nitrogen and oxygen atoms in total. The molecule has 0 spiro atoms. The third-order valence-electron chi connectivity index (χ3n) is 4.54. The summed E-state index contributed by atoms with van der Waals surface area (Å²) in [5.41, 5.74) is 4.61. The lowest BCUT2D eigenvalue weighted by atomic mass is 10.0. The highest BCUT2D eigenvalue weighted by Crippen LogP contribution is 2.26. The molecule has 1 fully saturated rings. The maximum absolute atomic E-state index is 2.75. The summed E-state index contributed by atoms with van der Waals surface area (Å²) in [6.45, 7) is 4.77. The van der Waals surface area contributed by atoms with E-state index in [1.807, 2.05) is 0 Å². The van der Waals surface area contributed by atoms with Gasteiger partial charge in [0, 0.05) is 19.1 Å². The Hall–Kier alpha value is -0.820. The van der Waals surface area contributed by atoms with Gasteiger partial charge in [-0.15, -0.1) is 0 Å². The van der Waals surface area contributed by atoms with E-state index in [1.54, 1.807) is 11.1 Å². The first-order valence-electron chi connectivity index (χ1n) is 7.15. The Morgan fingerprint density at radius 3 is 2.47 bits per heavy atom. The van der Waals surface area contributed by atoms with E-state index in [1.165, 1.54) is 57.2 Å². The summed E-state index contributed by atoms with van der Waals surface area (Å²) in [6.07, 6.45) is 8.30. The zero-order valence-corrected chi connectivity index (χ0v) is 10.9. The fourth-order valence-electron chi connectivity index (χ4n) is 3.51. The molecule has 2 aliphatic rings. The van der Waals surface area contributed by atoms with Crippen LogP contribution in [0, 0.1) is 6.92 Å². The Bertz CT molecular complexity index is 391. The predicted octanol–water partition coefficient (Wildman–Crippen LogP) is 3.34. The molecule has 92 valence electrons. The van der Waals surface area contributed by atoms with Crippen LogP contribution in [0.1, 0.15) is 42.4 Å². The van der Waals surface area contributed by atoms with Gasteiger partial charge in [0.05, 0.1) is 0 Å². The lowest BCUT2D eigenvalue weighted by Crippen LogP contribution is -2.35. The van der Waals surface area contributed by atoms with Crippen molar-refractivity contribution >= 4 is 0 Å². The summed E-state index contributed by atoms with van der Waals surface area (Å²) < 4.78 is 0. The van der Waals surface area contributed by atoms with Gasteiger partial charge in [0.25, 0.3) is 0 Å². The van der Waals surface area contributed by atoms with E-state index < -0.39 is 0 Å². The van der Waals surface area contributed by atoms with Crippen molar-refractivity contribution in [3.8, 4) is 0 Å². The zero-order chi connectivity index (χ0) is 11.7. The molecule has 0 radical (unpaired) electrons. The molecule has 0 unspecified atom stereocenters. The van der Waals surface area contributed by atoms with E-state index in [-0.39, 0.29) is 0 Å². The highest BCUT2D eigenvalue weighted by Gasteiger charge is 2.24. The third kappa shape index (κ3) is 2.40. The van der Waals surface area contributed by atoms with Crippen molar-refractivity contribution in [2.24, 2.45) is 0 Å². The van der Waals surface area contributed by atoms with Gasteiger partial charge in [-0.2, -0.15) is 0 Å². The molecule has 1 saturated carbocycles. The highest BCUT2D eigenvalue weighted by atomic mass is 15.2. The van der Waals surface area contributed by atoms with E-state index in [0.717, 1.165) is 6.04 Å². The number of hydrogen-bond donors (Lipinski definition) is 0. The molecule has 3 rings (SSSR count). The van der Waals surface area contributed by atoms with Gasteiger partial charge in [0.15, 0.2) is 0 Å². The van der Waals surface area contributed by atoms with Crippen molar-refractivity contribution in [3.05, 3.63) is 34.9 Å². The Labute approximate surface area is 105 Å². The van der Waals surface area contributed by atoms with Gasteiger partial charge < -0.3 is 0 Å². The molecule has 1 aliphatic carbocycles. The van der Waals surface area contributed by atoms with Gasteiger partial charge in [0.1, 0.15) is 0 Å². The normalized spacial score (nSPS) is 22.4. The van der Waals surface area contributed by atoms with Crippen molar-refractivity contribution < 1.29 is 0 Å². The van der Waals surface area contributed by atoms with Crippen LogP contribution in [0.2, 0.25) is 0 Å². The van der Waals surface area contributed by atoms with Crippen molar-refractivity contribution in [1.29, 1.82) is 0 Å². The van der Waals surface area contributed by atoms with Crippen molar-refractivity contribution in [2.45, 2.75) is 51.5 Å². The molecule has 1 aromatic carbocycles. The lowest BCUT2D eigenvalue weighted by Gasteiger charge is -2.26. The van der Waals surface area contributed by atoms with Crippen LogP contribution in [0.25, 0.3) is 0 Å². The topological polar surface area (TPSA) is 3.24 Å². The minimum Gasteiger partial charge on any atom is -0.300 e. The molecule has 0 aromatic heterocycles. The molecular weight excluding hydrogens is 206 g/mol. The van der Waals surface area contributed by atoms with Gasteiger partial charge in [-0.05, 0) is 43.7 Å². The second-order valence-electron chi connectivity index (χ2n) is 5.75. The van der Waals surface area contributed by atoms with Crippen LogP contribution in [-0.2, 0) is 12.8 Å². The van der Waals surface area contributed by atoms with Gasteiger partial charge >= 0.3 is 0 Å². The van der Waals surface area contributed by atoms with E-state index in [0.29, 0.717) is 0 Å². The van der Waals surface area contributed by atoms with Crippen LogP contribution < -0.4 is 0 Å². The minimum absolute atomic E-state index is 0.894. The summed E-state index contributed by atoms with van der Waals surface area (Å²) in [7, 11) is 0. The van der Waals surface area contributed by atoms with E-state index in [9.17, 15) is 0 Å². The molecule has 17 heavy (non-hydrogen) atoms. The fraction of sp³-hybridized carbons (Fsp3) is 0.625. The highest BCUT2D eigenvalue weighted by molar-refractivity contribution is 5.32. The molecule has 1 aliphatic heterocycles. The predicted molar refractivity (Wildman–Crippen MR) is 72.4 cm³/mol. The summed E-state index contributed by atoms with van der Waals surface area (Å²) in [5, 5.41) is 0. The first-order valence-corrected chi connectivity index (χ1v) is 7.15. The number of fused-ring (bicyclic) bond motifs is 1. The molecule has 1 heteroatoms. The second-order valence-corrected chi connectivity index (χ2v) is 5.75. The standard InChI is InChI=1S/C16H23N/c1-13-6-7-14-8-10-17(11-9-15(14)12-13)16-4-2-3-5-16/h6-7,12,16H,2-5,8-11H2,1H3. The Morgan fingerprint density at radius 1 is 1.00 bits per heavy atom. The number of benzene rings is 1. The monoisotopic (exact) mass is 229 g/mol. The fourth-order valence-corrected chi connectivity index (χ4v) is 3.51. The third-order valence-corrected chi connectivity index (χ3v) is 4.54. The van der Waals surface area contributed by atoms with E-state index in [2.05, 4.69) is 30.0 Å². The van der Waals surface area contributed by atoms with Gasteiger partial charge in [-0.3, -0.25) is 4.90 Å². The van der Waals surface area contributed by atoms with Crippen LogP contribution in [0.3, 0.4) is 0 Å². The van der Waals surface area contributed by atoms with Gasteiger partial charge in [0.2, 0.25) is 0 Å². The maximum Gasteiger partial charge on any atom is 0.00955 e. The molecule has 0 bridgehead atoms. The minimum atomic E-state index is 0.894. The molecule has 0 atom stereocenters. The van der Waals surface area contributed by atoms with Crippen LogP contribution in [0.5, 0.6) is 0 Å². The zero-order valence-electron chi connectivity index (χ0n) is 10.9. The molecular formula is C16H23N. The first-order chi connectivity index (χ1) is 8.33. The Balaban J connectivity index is 1.74.